The molecule has 94 valence electrons. The van der Waals surface area contributed by atoms with Gasteiger partial charge in [-0.1, -0.05) is 0 Å². The molecule has 1 unspecified atom stereocenters. The van der Waals surface area contributed by atoms with Gasteiger partial charge in [0.25, 0.3) is 0 Å². The lowest BCUT2D eigenvalue weighted by molar-refractivity contribution is -0.0498. The van der Waals surface area contributed by atoms with Crippen molar-refractivity contribution >= 4 is 0 Å². The van der Waals surface area contributed by atoms with Crippen molar-refractivity contribution in [3.8, 4) is 0 Å². The maximum absolute atomic E-state index is 5.91. The second-order valence-electron chi connectivity index (χ2n) is 5.39. The topological polar surface area (TPSA) is 41.7 Å². The largest absolute Gasteiger partial charge is 0.374 e. The second kappa shape index (κ2) is 5.45. The normalized spacial score (nSPS) is 33.8. The van der Waals surface area contributed by atoms with Gasteiger partial charge in [0, 0.05) is 38.3 Å². The van der Waals surface area contributed by atoms with E-state index in [2.05, 4.69) is 23.6 Å². The van der Waals surface area contributed by atoms with Crippen LogP contribution in [-0.2, 0) is 4.74 Å². The van der Waals surface area contributed by atoms with Gasteiger partial charge in [0.15, 0.2) is 0 Å². The van der Waals surface area contributed by atoms with E-state index < -0.39 is 0 Å². The first-order chi connectivity index (χ1) is 7.65. The van der Waals surface area contributed by atoms with Crippen LogP contribution in [0.15, 0.2) is 0 Å². The van der Waals surface area contributed by atoms with Gasteiger partial charge in [0.05, 0.1) is 12.7 Å². The molecule has 2 aliphatic heterocycles. The molecule has 2 fully saturated rings. The van der Waals surface area contributed by atoms with Crippen molar-refractivity contribution in [2.45, 2.75) is 38.5 Å². The number of hydrogen-bond acceptors (Lipinski definition) is 4. The fourth-order valence-corrected chi connectivity index (χ4v) is 2.64. The molecule has 0 aromatic rings. The first-order valence-electron chi connectivity index (χ1n) is 6.48. The summed E-state index contributed by atoms with van der Waals surface area (Å²) < 4.78 is 5.83. The van der Waals surface area contributed by atoms with Crippen molar-refractivity contribution in [2.75, 3.05) is 39.3 Å². The fourth-order valence-electron chi connectivity index (χ4n) is 2.64. The summed E-state index contributed by atoms with van der Waals surface area (Å²) in [5, 5.41) is 0. The summed E-state index contributed by atoms with van der Waals surface area (Å²) >= 11 is 0. The van der Waals surface area contributed by atoms with Gasteiger partial charge in [-0.2, -0.15) is 0 Å². The van der Waals surface area contributed by atoms with E-state index in [4.69, 9.17) is 10.5 Å². The number of rotatable bonds is 3. The van der Waals surface area contributed by atoms with Gasteiger partial charge in [0.1, 0.15) is 0 Å². The van der Waals surface area contributed by atoms with Gasteiger partial charge < -0.3 is 10.5 Å². The van der Waals surface area contributed by atoms with Crippen LogP contribution >= 0.6 is 0 Å². The van der Waals surface area contributed by atoms with Crippen LogP contribution in [0.2, 0.25) is 0 Å². The zero-order valence-corrected chi connectivity index (χ0v) is 10.6. The Balaban J connectivity index is 1.77. The summed E-state index contributed by atoms with van der Waals surface area (Å²) in [4.78, 5) is 4.95. The minimum Gasteiger partial charge on any atom is -0.374 e. The lowest BCUT2D eigenvalue weighted by Gasteiger charge is -2.37. The molecule has 2 atom stereocenters. The lowest BCUT2D eigenvalue weighted by atomic mass is 10.2. The molecule has 0 bridgehead atoms. The predicted octanol–water partition coefficient (Wildman–Crippen LogP) is 0.129. The Morgan fingerprint density at radius 1 is 1.31 bits per heavy atom. The molecule has 0 aliphatic carbocycles. The van der Waals surface area contributed by atoms with E-state index in [9.17, 15) is 0 Å². The molecular formula is C12H25N3O. The van der Waals surface area contributed by atoms with E-state index in [1.165, 1.54) is 0 Å². The molecule has 0 spiro atoms. The van der Waals surface area contributed by atoms with E-state index in [-0.39, 0.29) is 0 Å². The molecule has 0 aromatic carbocycles. The smallest absolute Gasteiger partial charge is 0.0829 e. The van der Waals surface area contributed by atoms with Crippen molar-refractivity contribution in [2.24, 2.45) is 5.73 Å². The zero-order valence-electron chi connectivity index (χ0n) is 10.6. The maximum atomic E-state index is 5.91. The van der Waals surface area contributed by atoms with Gasteiger partial charge in [-0.25, -0.2) is 0 Å². The minimum absolute atomic E-state index is 0.376. The van der Waals surface area contributed by atoms with Crippen LogP contribution < -0.4 is 5.73 Å². The molecule has 2 heterocycles. The van der Waals surface area contributed by atoms with Crippen molar-refractivity contribution in [3.63, 3.8) is 0 Å². The second-order valence-corrected chi connectivity index (χ2v) is 5.39. The lowest BCUT2D eigenvalue weighted by Crippen LogP contribution is -2.49. The third-order valence-electron chi connectivity index (χ3n) is 3.67. The molecule has 2 aliphatic rings. The number of hydrogen-bond donors (Lipinski definition) is 1. The first kappa shape index (κ1) is 12.3. The Morgan fingerprint density at radius 3 is 2.75 bits per heavy atom. The molecule has 0 aromatic heterocycles. The quantitative estimate of drug-likeness (QED) is 0.744. The van der Waals surface area contributed by atoms with E-state index >= 15 is 0 Å². The highest BCUT2D eigenvalue weighted by Gasteiger charge is 2.26. The molecule has 0 saturated carbocycles. The molecule has 4 heteroatoms. The highest BCUT2D eigenvalue weighted by Crippen LogP contribution is 2.13. The zero-order chi connectivity index (χ0) is 11.5. The van der Waals surface area contributed by atoms with Gasteiger partial charge in [-0.05, 0) is 26.8 Å². The number of nitrogens with two attached hydrogens (primary N) is 1. The van der Waals surface area contributed by atoms with Crippen LogP contribution in [-0.4, -0.2) is 67.3 Å². The minimum atomic E-state index is 0.376. The maximum Gasteiger partial charge on any atom is 0.0829 e. The van der Waals surface area contributed by atoms with E-state index in [1.54, 1.807) is 0 Å². The summed E-state index contributed by atoms with van der Waals surface area (Å²) in [6, 6.07) is 1.01. The predicted molar refractivity (Wildman–Crippen MR) is 65.5 cm³/mol. The van der Waals surface area contributed by atoms with Crippen LogP contribution in [0.25, 0.3) is 0 Å². The molecular weight excluding hydrogens is 202 g/mol. The third-order valence-corrected chi connectivity index (χ3v) is 3.67. The molecule has 0 radical (unpaired) electrons. The molecule has 2 rings (SSSR count). The Labute approximate surface area is 98.7 Å². The summed E-state index contributed by atoms with van der Waals surface area (Å²) in [6.45, 7) is 10.8. The Morgan fingerprint density at radius 2 is 2.12 bits per heavy atom. The van der Waals surface area contributed by atoms with Gasteiger partial charge >= 0.3 is 0 Å². The summed E-state index contributed by atoms with van der Waals surface area (Å²) in [7, 11) is 0. The highest BCUT2D eigenvalue weighted by atomic mass is 16.5. The van der Waals surface area contributed by atoms with E-state index in [1.807, 2.05) is 0 Å². The number of morpholine rings is 1. The average Bonchev–Trinajstić information content (AvgIpc) is 2.64. The highest BCUT2D eigenvalue weighted by molar-refractivity contribution is 4.82. The monoisotopic (exact) mass is 227 g/mol. The standard InChI is InChI=1S/C12H25N3O/c1-10(2)15-5-6-16-12(9-15)8-14-4-3-11(13)7-14/h10-12H,3-9,13H2,1-2H3/t11-,12?/m1/s1. The van der Waals surface area contributed by atoms with Crippen LogP contribution in [0.4, 0.5) is 0 Å². The molecule has 0 amide bonds. The Hall–Kier alpha value is -0.160. The van der Waals surface area contributed by atoms with E-state index in [0.717, 1.165) is 45.8 Å². The van der Waals surface area contributed by atoms with Crippen LogP contribution in [0.1, 0.15) is 20.3 Å². The Kier molecular flexibility index (Phi) is 4.19. The molecule has 16 heavy (non-hydrogen) atoms. The Bertz CT molecular complexity index is 222. The van der Waals surface area contributed by atoms with Gasteiger partial charge in [-0.3, -0.25) is 9.80 Å². The van der Waals surface area contributed by atoms with Gasteiger partial charge in [-0.15, -0.1) is 0 Å². The van der Waals surface area contributed by atoms with Crippen molar-refractivity contribution in [1.82, 2.24) is 9.80 Å². The van der Waals surface area contributed by atoms with Crippen molar-refractivity contribution < 1.29 is 4.74 Å². The van der Waals surface area contributed by atoms with Crippen LogP contribution in [0.3, 0.4) is 0 Å². The van der Waals surface area contributed by atoms with E-state index in [0.29, 0.717) is 18.2 Å². The van der Waals surface area contributed by atoms with Crippen LogP contribution in [0, 0.1) is 0 Å². The summed E-state index contributed by atoms with van der Waals surface area (Å²) in [6.07, 6.45) is 1.52. The van der Waals surface area contributed by atoms with Crippen LogP contribution in [0.5, 0.6) is 0 Å². The van der Waals surface area contributed by atoms with Crippen molar-refractivity contribution in [1.29, 1.82) is 0 Å². The summed E-state index contributed by atoms with van der Waals surface area (Å²) in [5.74, 6) is 0. The molecule has 4 nitrogen and oxygen atoms in total. The van der Waals surface area contributed by atoms with Crippen molar-refractivity contribution in [3.05, 3.63) is 0 Å². The average molecular weight is 227 g/mol. The fraction of sp³-hybridized carbons (Fsp3) is 1.00. The SMILES string of the molecule is CC(C)N1CCOC(CN2CC[C@@H](N)C2)C1. The molecule has 2 N–H and O–H groups in total. The van der Waals surface area contributed by atoms with Gasteiger partial charge in [0.2, 0.25) is 0 Å². The number of likely N-dealkylation sites (tertiary alicyclic amines) is 1. The number of nitrogens with zero attached hydrogens (tertiary/aromatic N) is 2. The first-order valence-corrected chi connectivity index (χ1v) is 6.48. The molecule has 2 saturated heterocycles. The number of ether oxygens (including phenoxy) is 1. The summed E-state index contributed by atoms with van der Waals surface area (Å²) in [5.41, 5.74) is 5.91. The third kappa shape index (κ3) is 3.17.